The maximum Gasteiger partial charge on any atom is 0.125 e. The Labute approximate surface area is 82.2 Å². The van der Waals surface area contributed by atoms with Gasteiger partial charge in [0.2, 0.25) is 0 Å². The van der Waals surface area contributed by atoms with Gasteiger partial charge < -0.3 is 9.90 Å². The summed E-state index contributed by atoms with van der Waals surface area (Å²) in [6, 6.07) is 6.88. The van der Waals surface area contributed by atoms with Crippen LogP contribution in [-0.2, 0) is 4.79 Å². The Morgan fingerprint density at radius 1 is 1.54 bits per heavy atom. The fourth-order valence-corrected chi connectivity index (χ4v) is 1.27. The summed E-state index contributed by atoms with van der Waals surface area (Å²) in [6.45, 7) is 1.67. The Morgan fingerprint density at radius 3 is 2.77 bits per heavy atom. The number of hydrogen-bond donors (Lipinski definition) is 1. The maximum atomic E-state index is 10.4. The molecule has 2 nitrogen and oxygen atoms in total. The van der Waals surface area contributed by atoms with Crippen LogP contribution < -0.4 is 0 Å². The molecule has 1 rings (SSSR count). The van der Waals surface area contributed by atoms with E-state index >= 15 is 0 Å². The topological polar surface area (TPSA) is 37.3 Å². The summed E-state index contributed by atoms with van der Waals surface area (Å²) in [5.41, 5.74) is 0.673. The number of carbonyl (C=O) groups is 1. The van der Waals surface area contributed by atoms with Crippen molar-refractivity contribution in [1.29, 1.82) is 0 Å². The van der Waals surface area contributed by atoms with Crippen molar-refractivity contribution in [3.8, 4) is 0 Å². The lowest BCUT2D eigenvalue weighted by Crippen LogP contribution is -2.09. The van der Waals surface area contributed by atoms with Crippen LogP contribution in [0.5, 0.6) is 0 Å². The first kappa shape index (κ1) is 10.2. The minimum Gasteiger partial charge on any atom is -0.388 e. The average molecular weight is 199 g/mol. The highest BCUT2D eigenvalue weighted by molar-refractivity contribution is 6.30. The standard InChI is InChI=1S/C10H11ClO2/c1-7(6-12)10(13)8-3-2-4-9(11)5-8/h2-7,10,13H,1H3/t7-,10-/m1/s1. The molecule has 0 amide bonds. The first-order valence-corrected chi connectivity index (χ1v) is 4.41. The van der Waals surface area contributed by atoms with Crippen molar-refractivity contribution in [2.24, 2.45) is 5.92 Å². The highest BCUT2D eigenvalue weighted by atomic mass is 35.5. The molecule has 1 N–H and O–H groups in total. The van der Waals surface area contributed by atoms with E-state index in [0.29, 0.717) is 10.6 Å². The van der Waals surface area contributed by atoms with E-state index in [0.717, 1.165) is 6.29 Å². The van der Waals surface area contributed by atoms with Crippen LogP contribution in [0.3, 0.4) is 0 Å². The van der Waals surface area contributed by atoms with Crippen molar-refractivity contribution < 1.29 is 9.90 Å². The second-order valence-electron chi connectivity index (χ2n) is 3.00. The van der Waals surface area contributed by atoms with Crippen LogP contribution in [0.25, 0.3) is 0 Å². The number of aldehydes is 1. The third-order valence-electron chi connectivity index (χ3n) is 1.90. The second-order valence-corrected chi connectivity index (χ2v) is 3.43. The summed E-state index contributed by atoms with van der Waals surface area (Å²) in [4.78, 5) is 10.4. The number of aliphatic hydroxyl groups is 1. The van der Waals surface area contributed by atoms with E-state index in [1.165, 1.54) is 0 Å². The molecule has 0 aliphatic carbocycles. The smallest absolute Gasteiger partial charge is 0.125 e. The lowest BCUT2D eigenvalue weighted by atomic mass is 9.99. The number of hydrogen-bond acceptors (Lipinski definition) is 2. The Morgan fingerprint density at radius 2 is 2.23 bits per heavy atom. The minimum absolute atomic E-state index is 0.404. The van der Waals surface area contributed by atoms with E-state index in [4.69, 9.17) is 11.6 Å². The largest absolute Gasteiger partial charge is 0.388 e. The number of halogens is 1. The van der Waals surface area contributed by atoms with E-state index in [2.05, 4.69) is 0 Å². The van der Waals surface area contributed by atoms with Crippen molar-refractivity contribution in [2.45, 2.75) is 13.0 Å². The SMILES string of the molecule is C[C@H](C=O)[C@@H](O)c1cccc(Cl)c1. The van der Waals surface area contributed by atoms with Gasteiger partial charge in [0.15, 0.2) is 0 Å². The van der Waals surface area contributed by atoms with Gasteiger partial charge in [-0.25, -0.2) is 0 Å². The lowest BCUT2D eigenvalue weighted by Gasteiger charge is -2.13. The highest BCUT2D eigenvalue weighted by Crippen LogP contribution is 2.22. The van der Waals surface area contributed by atoms with Gasteiger partial charge in [-0.05, 0) is 17.7 Å². The molecule has 13 heavy (non-hydrogen) atoms. The number of benzene rings is 1. The van der Waals surface area contributed by atoms with Crippen LogP contribution >= 0.6 is 11.6 Å². The molecule has 0 spiro atoms. The zero-order chi connectivity index (χ0) is 9.84. The highest BCUT2D eigenvalue weighted by Gasteiger charge is 2.15. The molecule has 0 saturated heterocycles. The summed E-state index contributed by atoms with van der Waals surface area (Å²) in [6.07, 6.45) is -0.0397. The molecule has 0 aliphatic heterocycles. The summed E-state index contributed by atoms with van der Waals surface area (Å²) < 4.78 is 0. The van der Waals surface area contributed by atoms with E-state index < -0.39 is 12.0 Å². The normalized spacial score (nSPS) is 15.0. The molecule has 2 atom stereocenters. The zero-order valence-corrected chi connectivity index (χ0v) is 8.03. The molecule has 0 bridgehead atoms. The predicted molar refractivity (Wildman–Crippen MR) is 51.6 cm³/mol. The second kappa shape index (κ2) is 4.40. The molecule has 0 aromatic heterocycles. The van der Waals surface area contributed by atoms with Crippen LogP contribution in [0, 0.1) is 5.92 Å². The Balaban J connectivity index is 2.88. The number of aliphatic hydroxyl groups excluding tert-OH is 1. The number of carbonyl (C=O) groups excluding carboxylic acids is 1. The van der Waals surface area contributed by atoms with Gasteiger partial charge in [0.1, 0.15) is 6.29 Å². The van der Waals surface area contributed by atoms with Crippen molar-refractivity contribution in [3.63, 3.8) is 0 Å². The van der Waals surface area contributed by atoms with Crippen LogP contribution in [0.15, 0.2) is 24.3 Å². The fourth-order valence-electron chi connectivity index (χ4n) is 1.07. The van der Waals surface area contributed by atoms with Crippen molar-refractivity contribution in [1.82, 2.24) is 0 Å². The van der Waals surface area contributed by atoms with Crippen molar-refractivity contribution in [3.05, 3.63) is 34.9 Å². The van der Waals surface area contributed by atoms with Gasteiger partial charge in [-0.2, -0.15) is 0 Å². The first-order chi connectivity index (χ1) is 6.15. The van der Waals surface area contributed by atoms with E-state index in [9.17, 15) is 9.90 Å². The molecule has 3 heteroatoms. The van der Waals surface area contributed by atoms with E-state index in [1.807, 2.05) is 0 Å². The summed E-state index contributed by atoms with van der Waals surface area (Å²) >= 11 is 5.74. The third-order valence-corrected chi connectivity index (χ3v) is 2.14. The molecule has 70 valence electrons. The van der Waals surface area contributed by atoms with Gasteiger partial charge in [-0.15, -0.1) is 0 Å². The van der Waals surface area contributed by atoms with Gasteiger partial charge in [-0.3, -0.25) is 0 Å². The zero-order valence-electron chi connectivity index (χ0n) is 7.27. The van der Waals surface area contributed by atoms with Crippen LogP contribution in [0.1, 0.15) is 18.6 Å². The van der Waals surface area contributed by atoms with Gasteiger partial charge in [0, 0.05) is 10.9 Å². The van der Waals surface area contributed by atoms with Gasteiger partial charge in [-0.1, -0.05) is 30.7 Å². The van der Waals surface area contributed by atoms with Crippen molar-refractivity contribution >= 4 is 17.9 Å². The van der Waals surface area contributed by atoms with Gasteiger partial charge in [0.05, 0.1) is 6.10 Å². The molecule has 0 saturated carbocycles. The molecule has 0 aliphatic rings. The Kier molecular flexibility index (Phi) is 3.46. The molecule has 0 fully saturated rings. The third kappa shape index (κ3) is 2.54. The lowest BCUT2D eigenvalue weighted by molar-refractivity contribution is -0.113. The van der Waals surface area contributed by atoms with Crippen molar-refractivity contribution in [2.75, 3.05) is 0 Å². The fraction of sp³-hybridized carbons (Fsp3) is 0.300. The van der Waals surface area contributed by atoms with E-state index in [-0.39, 0.29) is 0 Å². The summed E-state index contributed by atoms with van der Waals surface area (Å²) in [7, 11) is 0. The van der Waals surface area contributed by atoms with Crippen LogP contribution in [-0.4, -0.2) is 11.4 Å². The summed E-state index contributed by atoms with van der Waals surface area (Å²) in [5, 5.41) is 10.2. The Bertz CT molecular complexity index is 299. The molecule has 1 aromatic rings. The quantitative estimate of drug-likeness (QED) is 0.757. The number of rotatable bonds is 3. The first-order valence-electron chi connectivity index (χ1n) is 4.04. The summed E-state index contributed by atoms with van der Waals surface area (Å²) in [5.74, 6) is -0.404. The van der Waals surface area contributed by atoms with E-state index in [1.54, 1.807) is 31.2 Å². The Hall–Kier alpha value is -0.860. The minimum atomic E-state index is -0.767. The molecule has 0 unspecified atom stereocenters. The van der Waals surface area contributed by atoms with Gasteiger partial charge in [0.25, 0.3) is 0 Å². The average Bonchev–Trinajstić information content (AvgIpc) is 2.15. The predicted octanol–water partition coefficient (Wildman–Crippen LogP) is 2.21. The molecule has 0 heterocycles. The van der Waals surface area contributed by atoms with Crippen LogP contribution in [0.4, 0.5) is 0 Å². The molecule has 1 aromatic carbocycles. The van der Waals surface area contributed by atoms with Crippen LogP contribution in [0.2, 0.25) is 5.02 Å². The monoisotopic (exact) mass is 198 g/mol. The molecule has 0 radical (unpaired) electrons. The van der Waals surface area contributed by atoms with Gasteiger partial charge >= 0.3 is 0 Å². The molecular formula is C10H11ClO2. The molecular weight excluding hydrogens is 188 g/mol. The maximum absolute atomic E-state index is 10.4.